The number of benzene rings is 1. The number of oxazole rings is 1. The first-order valence-electron chi connectivity index (χ1n) is 6.48. The van der Waals surface area contributed by atoms with Crippen molar-refractivity contribution in [2.75, 3.05) is 24.3 Å². The molecule has 1 atom stereocenters. The molecule has 7 heteroatoms. The number of aromatic nitrogens is 1. The van der Waals surface area contributed by atoms with Gasteiger partial charge in [-0.2, -0.15) is 0 Å². The molecule has 1 saturated heterocycles. The van der Waals surface area contributed by atoms with Crippen molar-refractivity contribution in [3.63, 3.8) is 0 Å². The van der Waals surface area contributed by atoms with Crippen molar-refractivity contribution in [1.29, 1.82) is 0 Å². The van der Waals surface area contributed by atoms with Crippen LogP contribution in [0.5, 0.6) is 0 Å². The minimum Gasteiger partial charge on any atom is -0.439 e. The SMILES string of the molecule is CN(Cc1nc2cc(N)ccc2o1)C1CCS(=O)(=O)C1. The van der Waals surface area contributed by atoms with Crippen LogP contribution in [0.3, 0.4) is 0 Å². The van der Waals surface area contributed by atoms with E-state index >= 15 is 0 Å². The second-order valence-corrected chi connectivity index (χ2v) is 7.54. The van der Waals surface area contributed by atoms with Gasteiger partial charge in [-0.15, -0.1) is 0 Å². The Morgan fingerprint density at radius 3 is 3.00 bits per heavy atom. The number of rotatable bonds is 3. The molecule has 0 saturated carbocycles. The van der Waals surface area contributed by atoms with E-state index in [0.717, 1.165) is 5.52 Å². The third-order valence-corrected chi connectivity index (χ3v) is 5.42. The van der Waals surface area contributed by atoms with Crippen LogP contribution in [0.15, 0.2) is 22.6 Å². The average molecular weight is 295 g/mol. The van der Waals surface area contributed by atoms with E-state index in [2.05, 4.69) is 4.98 Å². The zero-order valence-corrected chi connectivity index (χ0v) is 12.1. The molecule has 20 heavy (non-hydrogen) atoms. The molecule has 6 nitrogen and oxygen atoms in total. The maximum absolute atomic E-state index is 11.5. The Morgan fingerprint density at radius 1 is 1.50 bits per heavy atom. The second kappa shape index (κ2) is 4.75. The van der Waals surface area contributed by atoms with Crippen LogP contribution in [0.1, 0.15) is 12.3 Å². The van der Waals surface area contributed by atoms with E-state index in [1.54, 1.807) is 18.2 Å². The molecule has 1 aliphatic heterocycles. The molecule has 2 N–H and O–H groups in total. The summed E-state index contributed by atoms with van der Waals surface area (Å²) in [5.41, 5.74) is 7.78. The summed E-state index contributed by atoms with van der Waals surface area (Å²) in [6.07, 6.45) is 0.673. The summed E-state index contributed by atoms with van der Waals surface area (Å²) in [7, 11) is -0.975. The fourth-order valence-electron chi connectivity index (χ4n) is 2.53. The lowest BCUT2D eigenvalue weighted by molar-refractivity contribution is 0.231. The van der Waals surface area contributed by atoms with Gasteiger partial charge in [-0.3, -0.25) is 4.90 Å². The van der Waals surface area contributed by atoms with Crippen molar-refractivity contribution in [2.45, 2.75) is 19.0 Å². The topological polar surface area (TPSA) is 89.4 Å². The van der Waals surface area contributed by atoms with Crippen LogP contribution in [-0.2, 0) is 16.4 Å². The highest BCUT2D eigenvalue weighted by atomic mass is 32.2. The third-order valence-electron chi connectivity index (χ3n) is 3.67. The Hall–Kier alpha value is -1.60. The Kier molecular flexibility index (Phi) is 3.18. The number of nitrogens with two attached hydrogens (primary N) is 1. The normalized spacial score (nSPS) is 21.8. The lowest BCUT2D eigenvalue weighted by Crippen LogP contribution is -2.32. The van der Waals surface area contributed by atoms with Gasteiger partial charge in [-0.05, 0) is 31.7 Å². The van der Waals surface area contributed by atoms with Gasteiger partial charge >= 0.3 is 0 Å². The summed E-state index contributed by atoms with van der Waals surface area (Å²) in [6.45, 7) is 0.495. The zero-order valence-electron chi connectivity index (χ0n) is 11.2. The highest BCUT2D eigenvalue weighted by Crippen LogP contribution is 2.21. The fourth-order valence-corrected chi connectivity index (χ4v) is 4.33. The molecule has 0 amide bonds. The van der Waals surface area contributed by atoms with Crippen molar-refractivity contribution in [2.24, 2.45) is 0 Å². The van der Waals surface area contributed by atoms with Crippen molar-refractivity contribution < 1.29 is 12.8 Å². The Bertz CT molecular complexity index is 738. The summed E-state index contributed by atoms with van der Waals surface area (Å²) < 4.78 is 28.6. The maximum atomic E-state index is 11.5. The van der Waals surface area contributed by atoms with Gasteiger partial charge in [-0.1, -0.05) is 0 Å². The van der Waals surface area contributed by atoms with Crippen molar-refractivity contribution >= 4 is 26.6 Å². The van der Waals surface area contributed by atoms with Gasteiger partial charge in [0.1, 0.15) is 5.52 Å². The van der Waals surface area contributed by atoms with Gasteiger partial charge in [0.2, 0.25) is 5.89 Å². The average Bonchev–Trinajstić information content (AvgIpc) is 2.91. The Balaban J connectivity index is 1.76. The summed E-state index contributed by atoms with van der Waals surface area (Å²) in [6, 6.07) is 5.37. The zero-order chi connectivity index (χ0) is 14.3. The van der Waals surface area contributed by atoms with Crippen molar-refractivity contribution in [3.05, 3.63) is 24.1 Å². The van der Waals surface area contributed by atoms with Gasteiger partial charge in [0, 0.05) is 11.7 Å². The minimum atomic E-state index is -2.87. The largest absolute Gasteiger partial charge is 0.439 e. The lowest BCUT2D eigenvalue weighted by Gasteiger charge is -2.20. The molecular weight excluding hydrogens is 278 g/mol. The quantitative estimate of drug-likeness (QED) is 0.851. The molecule has 1 aliphatic rings. The van der Waals surface area contributed by atoms with E-state index in [-0.39, 0.29) is 17.5 Å². The van der Waals surface area contributed by atoms with E-state index in [1.165, 1.54) is 0 Å². The Morgan fingerprint density at radius 2 is 2.30 bits per heavy atom. The summed E-state index contributed by atoms with van der Waals surface area (Å²) in [4.78, 5) is 6.37. The van der Waals surface area contributed by atoms with Gasteiger partial charge in [0.05, 0.1) is 18.1 Å². The van der Waals surface area contributed by atoms with Gasteiger partial charge in [0.15, 0.2) is 15.4 Å². The van der Waals surface area contributed by atoms with Gasteiger partial charge in [0.25, 0.3) is 0 Å². The molecule has 0 radical (unpaired) electrons. The van der Waals surface area contributed by atoms with Crippen LogP contribution in [0.25, 0.3) is 11.1 Å². The van der Waals surface area contributed by atoms with Crippen LogP contribution in [-0.4, -0.2) is 42.9 Å². The van der Waals surface area contributed by atoms with E-state index < -0.39 is 9.84 Å². The van der Waals surface area contributed by atoms with E-state index in [0.29, 0.717) is 30.1 Å². The second-order valence-electron chi connectivity index (χ2n) is 5.31. The number of sulfone groups is 1. The van der Waals surface area contributed by atoms with Crippen LogP contribution in [0.4, 0.5) is 5.69 Å². The molecule has 108 valence electrons. The summed E-state index contributed by atoms with van der Waals surface area (Å²) >= 11 is 0. The monoisotopic (exact) mass is 295 g/mol. The number of fused-ring (bicyclic) bond motifs is 1. The third kappa shape index (κ3) is 2.64. The molecule has 1 fully saturated rings. The highest BCUT2D eigenvalue weighted by Gasteiger charge is 2.31. The molecule has 1 unspecified atom stereocenters. The van der Waals surface area contributed by atoms with Crippen LogP contribution in [0, 0.1) is 0 Å². The number of anilines is 1. The molecule has 1 aromatic carbocycles. The number of hydrogen-bond donors (Lipinski definition) is 1. The first-order chi connectivity index (χ1) is 9.43. The Labute approximate surface area is 117 Å². The summed E-state index contributed by atoms with van der Waals surface area (Å²) in [5, 5.41) is 0. The minimum absolute atomic E-state index is 0.0417. The van der Waals surface area contributed by atoms with Crippen LogP contribution < -0.4 is 5.73 Å². The first kappa shape index (κ1) is 13.4. The van der Waals surface area contributed by atoms with Crippen molar-refractivity contribution in [1.82, 2.24) is 9.88 Å². The van der Waals surface area contributed by atoms with E-state index in [1.807, 2.05) is 11.9 Å². The molecule has 0 spiro atoms. The predicted octanol–water partition coefficient (Wildman–Crippen LogP) is 1.03. The van der Waals surface area contributed by atoms with Crippen LogP contribution in [0.2, 0.25) is 0 Å². The number of nitrogen functional groups attached to an aromatic ring is 1. The number of nitrogens with zero attached hydrogens (tertiary/aromatic N) is 2. The maximum Gasteiger partial charge on any atom is 0.209 e. The van der Waals surface area contributed by atoms with Crippen molar-refractivity contribution in [3.8, 4) is 0 Å². The molecule has 2 aromatic rings. The molecule has 0 aliphatic carbocycles. The fraction of sp³-hybridized carbons (Fsp3) is 0.462. The molecular formula is C13H17N3O3S. The molecule has 2 heterocycles. The lowest BCUT2D eigenvalue weighted by atomic mass is 10.2. The summed E-state index contributed by atoms with van der Waals surface area (Å²) in [5.74, 6) is 1.07. The molecule has 0 bridgehead atoms. The number of hydrogen-bond acceptors (Lipinski definition) is 6. The van der Waals surface area contributed by atoms with E-state index in [4.69, 9.17) is 10.2 Å². The smallest absolute Gasteiger partial charge is 0.209 e. The van der Waals surface area contributed by atoms with Crippen LogP contribution >= 0.6 is 0 Å². The molecule has 1 aromatic heterocycles. The van der Waals surface area contributed by atoms with Gasteiger partial charge in [-0.25, -0.2) is 13.4 Å². The van der Waals surface area contributed by atoms with Gasteiger partial charge < -0.3 is 10.2 Å². The highest BCUT2D eigenvalue weighted by molar-refractivity contribution is 7.91. The first-order valence-corrected chi connectivity index (χ1v) is 8.31. The van der Waals surface area contributed by atoms with E-state index in [9.17, 15) is 8.42 Å². The predicted molar refractivity (Wildman–Crippen MR) is 76.9 cm³/mol. The standard InChI is InChI=1S/C13H17N3O3S/c1-16(10-4-5-20(17,18)8-10)7-13-15-11-6-9(14)2-3-12(11)19-13/h2-3,6,10H,4-5,7-8,14H2,1H3. The molecule has 3 rings (SSSR count).